The zero-order valence-electron chi connectivity index (χ0n) is 15.1. The zero-order valence-corrected chi connectivity index (χ0v) is 15.1. The van der Waals surface area contributed by atoms with Crippen LogP contribution < -0.4 is 5.32 Å². The molecule has 0 saturated carbocycles. The third-order valence-electron chi connectivity index (χ3n) is 4.56. The summed E-state index contributed by atoms with van der Waals surface area (Å²) in [6.45, 7) is 5.79. The lowest BCUT2D eigenvalue weighted by Gasteiger charge is -2.34. The van der Waals surface area contributed by atoms with E-state index in [0.717, 1.165) is 12.1 Å². The first-order valence-corrected chi connectivity index (χ1v) is 8.80. The zero-order chi connectivity index (χ0) is 18.5. The number of nitrogens with one attached hydrogen (secondary N) is 1. The van der Waals surface area contributed by atoms with Crippen molar-refractivity contribution in [1.82, 2.24) is 19.8 Å². The Balaban J connectivity index is 1.71. The van der Waals surface area contributed by atoms with Gasteiger partial charge in [0.2, 0.25) is 5.91 Å². The topological polar surface area (TPSA) is 78.4 Å². The maximum Gasteiger partial charge on any atom is 0.272 e. The Morgan fingerprint density at radius 2 is 1.77 bits per heavy atom. The normalized spacial score (nSPS) is 14.2. The second kappa shape index (κ2) is 7.95. The van der Waals surface area contributed by atoms with E-state index in [1.807, 2.05) is 18.2 Å². The number of anilines is 2. The molecular formula is C19H23N5O2. The first-order valence-electron chi connectivity index (χ1n) is 8.80. The third kappa shape index (κ3) is 3.99. The van der Waals surface area contributed by atoms with Crippen molar-refractivity contribution in [2.45, 2.75) is 20.3 Å². The predicted octanol–water partition coefficient (Wildman–Crippen LogP) is 2.09. The first-order chi connectivity index (χ1) is 12.6. The van der Waals surface area contributed by atoms with E-state index in [1.165, 1.54) is 11.9 Å². The van der Waals surface area contributed by atoms with Crippen molar-refractivity contribution < 1.29 is 9.59 Å². The van der Waals surface area contributed by atoms with Crippen molar-refractivity contribution in [1.29, 1.82) is 0 Å². The van der Waals surface area contributed by atoms with E-state index in [1.54, 1.807) is 22.8 Å². The van der Waals surface area contributed by atoms with Crippen LogP contribution in [0.5, 0.6) is 0 Å². The Bertz CT molecular complexity index is 800. The lowest BCUT2D eigenvalue weighted by atomic mass is 10.1. The van der Waals surface area contributed by atoms with Gasteiger partial charge in [-0.25, -0.2) is 9.97 Å². The second-order valence-corrected chi connectivity index (χ2v) is 6.22. The fourth-order valence-electron chi connectivity index (χ4n) is 3.02. The Labute approximate surface area is 153 Å². The second-order valence-electron chi connectivity index (χ2n) is 6.22. The highest BCUT2D eigenvalue weighted by molar-refractivity contribution is 5.93. The van der Waals surface area contributed by atoms with E-state index in [4.69, 9.17) is 0 Å². The van der Waals surface area contributed by atoms with E-state index in [0.29, 0.717) is 37.7 Å². The Hall–Kier alpha value is -2.96. The van der Waals surface area contributed by atoms with Crippen LogP contribution in [0.4, 0.5) is 11.5 Å². The average Bonchev–Trinajstić information content (AvgIpc) is 2.68. The number of nitrogens with zero attached hydrogens (tertiary/aromatic N) is 4. The molecular weight excluding hydrogens is 330 g/mol. The number of para-hydroxylation sites is 1. The summed E-state index contributed by atoms with van der Waals surface area (Å²) in [4.78, 5) is 36.0. The van der Waals surface area contributed by atoms with Crippen molar-refractivity contribution in [2.24, 2.45) is 0 Å². The molecule has 2 heterocycles. The average molecular weight is 353 g/mol. The van der Waals surface area contributed by atoms with Gasteiger partial charge in [-0.05, 0) is 18.1 Å². The van der Waals surface area contributed by atoms with Crippen LogP contribution in [0.2, 0.25) is 0 Å². The molecule has 0 bridgehead atoms. The molecule has 0 unspecified atom stereocenters. The number of aromatic nitrogens is 2. The van der Waals surface area contributed by atoms with Gasteiger partial charge in [-0.3, -0.25) is 9.59 Å². The highest BCUT2D eigenvalue weighted by Gasteiger charge is 2.24. The van der Waals surface area contributed by atoms with Crippen LogP contribution >= 0.6 is 0 Å². The Morgan fingerprint density at radius 3 is 2.46 bits per heavy atom. The maximum atomic E-state index is 12.7. The fourth-order valence-corrected chi connectivity index (χ4v) is 3.02. The summed E-state index contributed by atoms with van der Waals surface area (Å²) in [6.07, 6.45) is 2.30. The van der Waals surface area contributed by atoms with Gasteiger partial charge >= 0.3 is 0 Å². The van der Waals surface area contributed by atoms with Crippen molar-refractivity contribution in [3.05, 3.63) is 47.9 Å². The van der Waals surface area contributed by atoms with Gasteiger partial charge in [0, 0.05) is 44.9 Å². The lowest BCUT2D eigenvalue weighted by Crippen LogP contribution is -2.50. The van der Waals surface area contributed by atoms with Crippen LogP contribution in [0.1, 0.15) is 29.9 Å². The van der Waals surface area contributed by atoms with E-state index in [9.17, 15) is 9.59 Å². The summed E-state index contributed by atoms with van der Waals surface area (Å²) in [7, 11) is 0. The van der Waals surface area contributed by atoms with Crippen LogP contribution in [-0.4, -0.2) is 57.8 Å². The molecule has 0 aliphatic carbocycles. The molecule has 136 valence electrons. The molecule has 1 aliphatic heterocycles. The largest absolute Gasteiger partial charge is 0.340 e. The minimum atomic E-state index is -0.137. The molecule has 2 amide bonds. The van der Waals surface area contributed by atoms with Crippen molar-refractivity contribution >= 4 is 23.3 Å². The SMILES string of the molecule is CCc1ccccc1Nc1cc(C(=O)N2CCN(C(C)=O)CC2)ncn1. The van der Waals surface area contributed by atoms with Gasteiger partial charge in [0.15, 0.2) is 0 Å². The number of carbonyl (C=O) groups is 2. The molecule has 1 saturated heterocycles. The summed E-state index contributed by atoms with van der Waals surface area (Å²) >= 11 is 0. The van der Waals surface area contributed by atoms with Crippen LogP contribution in [0.3, 0.4) is 0 Å². The maximum absolute atomic E-state index is 12.7. The molecule has 7 nitrogen and oxygen atoms in total. The smallest absolute Gasteiger partial charge is 0.272 e. The van der Waals surface area contributed by atoms with E-state index in [-0.39, 0.29) is 11.8 Å². The standard InChI is InChI=1S/C19H23N5O2/c1-3-15-6-4-5-7-16(15)22-18-12-17(20-13-21-18)19(26)24-10-8-23(9-11-24)14(2)25/h4-7,12-13H,3,8-11H2,1-2H3,(H,20,21,22). The van der Waals surface area contributed by atoms with Gasteiger partial charge in [0.25, 0.3) is 5.91 Å². The molecule has 0 atom stereocenters. The van der Waals surface area contributed by atoms with Gasteiger partial charge in [0.05, 0.1) is 0 Å². The van der Waals surface area contributed by atoms with Gasteiger partial charge in [0.1, 0.15) is 17.8 Å². The quantitative estimate of drug-likeness (QED) is 0.910. The van der Waals surface area contributed by atoms with E-state index < -0.39 is 0 Å². The summed E-state index contributed by atoms with van der Waals surface area (Å²) in [5, 5.41) is 3.27. The molecule has 0 radical (unpaired) electrons. The van der Waals surface area contributed by atoms with Gasteiger partial charge in [-0.1, -0.05) is 25.1 Å². The van der Waals surface area contributed by atoms with Crippen LogP contribution in [0, 0.1) is 0 Å². The number of piperazine rings is 1. The van der Waals surface area contributed by atoms with Crippen molar-refractivity contribution in [2.75, 3.05) is 31.5 Å². The molecule has 1 fully saturated rings. The molecule has 2 aromatic rings. The number of benzene rings is 1. The lowest BCUT2D eigenvalue weighted by molar-refractivity contribution is -0.130. The number of amides is 2. The molecule has 1 N–H and O–H groups in total. The molecule has 3 rings (SSSR count). The van der Waals surface area contributed by atoms with Crippen LogP contribution in [-0.2, 0) is 11.2 Å². The molecule has 0 spiro atoms. The number of hydrogen-bond acceptors (Lipinski definition) is 5. The number of carbonyl (C=O) groups excluding carboxylic acids is 2. The number of aryl methyl sites for hydroxylation is 1. The van der Waals surface area contributed by atoms with Gasteiger partial charge < -0.3 is 15.1 Å². The van der Waals surface area contributed by atoms with Crippen molar-refractivity contribution in [3.8, 4) is 0 Å². The fraction of sp³-hybridized carbons (Fsp3) is 0.368. The highest BCUT2D eigenvalue weighted by Crippen LogP contribution is 2.20. The van der Waals surface area contributed by atoms with E-state index in [2.05, 4.69) is 28.3 Å². The molecule has 1 aromatic carbocycles. The summed E-state index contributed by atoms with van der Waals surface area (Å²) < 4.78 is 0. The highest BCUT2D eigenvalue weighted by atomic mass is 16.2. The molecule has 26 heavy (non-hydrogen) atoms. The number of rotatable bonds is 4. The first kappa shape index (κ1) is 17.8. The minimum absolute atomic E-state index is 0.0419. The third-order valence-corrected chi connectivity index (χ3v) is 4.56. The number of hydrogen-bond donors (Lipinski definition) is 1. The van der Waals surface area contributed by atoms with Crippen LogP contribution in [0.25, 0.3) is 0 Å². The van der Waals surface area contributed by atoms with Gasteiger partial charge in [-0.2, -0.15) is 0 Å². The molecule has 7 heteroatoms. The molecule has 1 aliphatic rings. The monoisotopic (exact) mass is 353 g/mol. The predicted molar refractivity (Wildman–Crippen MR) is 99.3 cm³/mol. The summed E-state index contributed by atoms with van der Waals surface area (Å²) in [5.41, 5.74) is 2.51. The summed E-state index contributed by atoms with van der Waals surface area (Å²) in [5.74, 6) is 0.495. The minimum Gasteiger partial charge on any atom is -0.340 e. The Morgan fingerprint density at radius 1 is 1.08 bits per heavy atom. The Kier molecular flexibility index (Phi) is 5.46. The van der Waals surface area contributed by atoms with E-state index >= 15 is 0 Å². The summed E-state index contributed by atoms with van der Waals surface area (Å²) in [6, 6.07) is 9.68. The molecule has 1 aromatic heterocycles. The van der Waals surface area contributed by atoms with Crippen molar-refractivity contribution in [3.63, 3.8) is 0 Å². The van der Waals surface area contributed by atoms with Gasteiger partial charge in [-0.15, -0.1) is 0 Å². The van der Waals surface area contributed by atoms with Crippen LogP contribution in [0.15, 0.2) is 36.7 Å².